The van der Waals surface area contributed by atoms with Gasteiger partial charge in [-0.2, -0.15) is 12.6 Å². The van der Waals surface area contributed by atoms with Gasteiger partial charge in [0.25, 0.3) is 0 Å². The molecule has 0 rings (SSSR count). The number of aliphatic carboxylic acids is 1. The SMILES string of the molecule is CC(S)C(=O)O.CCOC(=S)S. The minimum atomic E-state index is -0.877. The zero-order valence-corrected chi connectivity index (χ0v) is 9.46. The van der Waals surface area contributed by atoms with E-state index < -0.39 is 11.2 Å². The van der Waals surface area contributed by atoms with Crippen LogP contribution in [-0.2, 0) is 9.53 Å². The van der Waals surface area contributed by atoms with Crippen LogP contribution in [0.3, 0.4) is 0 Å². The average Bonchev–Trinajstić information content (AvgIpc) is 1.87. The van der Waals surface area contributed by atoms with Gasteiger partial charge in [0.2, 0.25) is 4.38 Å². The van der Waals surface area contributed by atoms with E-state index in [9.17, 15) is 4.79 Å². The molecule has 1 unspecified atom stereocenters. The van der Waals surface area contributed by atoms with Crippen molar-refractivity contribution in [2.45, 2.75) is 19.1 Å². The molecule has 1 N–H and O–H groups in total. The number of carboxylic acid groups (broad SMARTS) is 1. The summed E-state index contributed by atoms with van der Waals surface area (Å²) < 4.78 is 4.95. The lowest BCUT2D eigenvalue weighted by Crippen LogP contribution is -2.06. The van der Waals surface area contributed by atoms with Gasteiger partial charge in [0.05, 0.1) is 11.9 Å². The van der Waals surface area contributed by atoms with E-state index in [0.717, 1.165) is 0 Å². The van der Waals surface area contributed by atoms with E-state index in [0.29, 0.717) is 11.0 Å². The second kappa shape index (κ2) is 9.15. The maximum atomic E-state index is 9.62. The number of carbonyl (C=O) groups is 1. The molecular weight excluding hydrogens is 216 g/mol. The summed E-state index contributed by atoms with van der Waals surface area (Å²) in [5, 5.41) is 7.38. The fourth-order valence-electron chi connectivity index (χ4n) is 0.123. The first-order chi connectivity index (χ1) is 5.41. The Morgan fingerprint density at radius 2 is 2.08 bits per heavy atom. The molecule has 12 heavy (non-hydrogen) atoms. The first-order valence-corrected chi connectivity index (χ1v) is 4.55. The number of rotatable bonds is 2. The second-order valence-electron chi connectivity index (χ2n) is 1.71. The quantitative estimate of drug-likeness (QED) is 0.496. The zero-order chi connectivity index (χ0) is 10.1. The van der Waals surface area contributed by atoms with E-state index in [1.165, 1.54) is 6.92 Å². The van der Waals surface area contributed by atoms with E-state index in [-0.39, 0.29) is 0 Å². The molecule has 0 aromatic rings. The normalized spacial score (nSPS) is 10.7. The summed E-state index contributed by atoms with van der Waals surface area (Å²) in [5.74, 6) is -0.877. The summed E-state index contributed by atoms with van der Waals surface area (Å²) >= 11 is 11.7. The summed E-state index contributed by atoms with van der Waals surface area (Å²) in [4.78, 5) is 9.62. The van der Waals surface area contributed by atoms with Crippen LogP contribution in [-0.4, -0.2) is 27.3 Å². The third-order valence-electron chi connectivity index (χ3n) is 0.625. The topological polar surface area (TPSA) is 46.5 Å². The molecule has 0 aliphatic heterocycles. The summed E-state index contributed by atoms with van der Waals surface area (Å²) in [7, 11) is 0. The van der Waals surface area contributed by atoms with Crippen molar-refractivity contribution in [1.29, 1.82) is 0 Å². The third-order valence-corrected chi connectivity index (χ3v) is 1.09. The van der Waals surface area contributed by atoms with Crippen LogP contribution >= 0.6 is 37.5 Å². The molecule has 0 aliphatic rings. The minimum Gasteiger partial charge on any atom is -0.480 e. The van der Waals surface area contributed by atoms with Crippen LogP contribution in [0.15, 0.2) is 0 Å². The Balaban J connectivity index is 0. The van der Waals surface area contributed by atoms with E-state index in [2.05, 4.69) is 42.2 Å². The van der Waals surface area contributed by atoms with E-state index in [4.69, 9.17) is 5.11 Å². The van der Waals surface area contributed by atoms with Crippen LogP contribution in [0.4, 0.5) is 0 Å². The third kappa shape index (κ3) is 16.6. The van der Waals surface area contributed by atoms with Gasteiger partial charge in [-0.05, 0) is 26.1 Å². The highest BCUT2D eigenvalue weighted by Crippen LogP contribution is 1.88. The zero-order valence-electron chi connectivity index (χ0n) is 6.85. The fourth-order valence-corrected chi connectivity index (χ4v) is 0.370. The average molecular weight is 228 g/mol. The molecule has 0 fully saturated rings. The Hall–Kier alpha value is 0.0600. The van der Waals surface area contributed by atoms with Crippen molar-refractivity contribution < 1.29 is 14.6 Å². The number of hydrogen-bond donors (Lipinski definition) is 3. The number of thiocarbonyl (C=S) groups is 1. The van der Waals surface area contributed by atoms with Crippen molar-refractivity contribution in [3.63, 3.8) is 0 Å². The summed E-state index contributed by atoms with van der Waals surface area (Å²) in [6, 6.07) is 0. The molecule has 0 heterocycles. The molecule has 0 amide bonds. The lowest BCUT2D eigenvalue weighted by atomic mass is 10.5. The van der Waals surface area contributed by atoms with Gasteiger partial charge in [-0.15, -0.1) is 0 Å². The molecule has 1 atom stereocenters. The highest BCUT2D eigenvalue weighted by atomic mass is 32.1. The molecule has 0 bridgehead atoms. The number of carboxylic acids is 1. The molecule has 0 saturated heterocycles. The molecule has 0 aliphatic carbocycles. The first kappa shape index (κ1) is 14.6. The van der Waals surface area contributed by atoms with E-state index in [1.807, 2.05) is 6.92 Å². The summed E-state index contributed by atoms with van der Waals surface area (Å²) in [6.07, 6.45) is 0. The van der Waals surface area contributed by atoms with Crippen molar-refractivity contribution >= 4 is 47.8 Å². The lowest BCUT2D eigenvalue weighted by molar-refractivity contribution is -0.136. The molecule has 0 radical (unpaired) electrons. The van der Waals surface area contributed by atoms with Crippen LogP contribution in [0, 0.1) is 0 Å². The number of thiol groups is 2. The van der Waals surface area contributed by atoms with Gasteiger partial charge in [0, 0.05) is 0 Å². The predicted octanol–water partition coefficient (Wildman–Crippen LogP) is 1.63. The summed E-state index contributed by atoms with van der Waals surface area (Å²) in [5.41, 5.74) is 0. The smallest absolute Gasteiger partial charge is 0.316 e. The van der Waals surface area contributed by atoms with Gasteiger partial charge in [-0.1, -0.05) is 12.6 Å². The summed E-state index contributed by atoms with van der Waals surface area (Å²) in [6.45, 7) is 3.98. The Kier molecular flexibility index (Phi) is 11.1. The fraction of sp³-hybridized carbons (Fsp3) is 0.667. The molecule has 0 saturated carbocycles. The highest BCUT2D eigenvalue weighted by molar-refractivity contribution is 8.10. The lowest BCUT2D eigenvalue weighted by Gasteiger charge is -1.92. The molecule has 0 spiro atoms. The van der Waals surface area contributed by atoms with Crippen LogP contribution in [0.25, 0.3) is 0 Å². The molecular formula is C6H12O3S3. The monoisotopic (exact) mass is 228 g/mol. The first-order valence-electron chi connectivity index (χ1n) is 3.18. The van der Waals surface area contributed by atoms with E-state index in [1.54, 1.807) is 0 Å². The highest BCUT2D eigenvalue weighted by Gasteiger charge is 2.00. The van der Waals surface area contributed by atoms with E-state index >= 15 is 0 Å². The Labute approximate surface area is 88.3 Å². The van der Waals surface area contributed by atoms with Gasteiger partial charge in [-0.3, -0.25) is 4.79 Å². The molecule has 0 aromatic heterocycles. The van der Waals surface area contributed by atoms with Crippen molar-refractivity contribution in [3.05, 3.63) is 0 Å². The molecule has 3 nitrogen and oxygen atoms in total. The Morgan fingerprint density at radius 1 is 1.75 bits per heavy atom. The van der Waals surface area contributed by atoms with Gasteiger partial charge < -0.3 is 9.84 Å². The maximum Gasteiger partial charge on any atom is 0.316 e. The Morgan fingerprint density at radius 3 is 2.08 bits per heavy atom. The van der Waals surface area contributed by atoms with Crippen molar-refractivity contribution in [2.75, 3.05) is 6.61 Å². The molecule has 72 valence electrons. The van der Waals surface area contributed by atoms with Crippen LogP contribution < -0.4 is 0 Å². The van der Waals surface area contributed by atoms with Gasteiger partial charge in [0.1, 0.15) is 0 Å². The minimum absolute atomic E-state index is 0.317. The second-order valence-corrected chi connectivity index (χ2v) is 3.57. The number of hydrogen-bond acceptors (Lipinski definition) is 4. The Bertz CT molecular complexity index is 147. The van der Waals surface area contributed by atoms with Gasteiger partial charge in [-0.25, -0.2) is 0 Å². The standard InChI is InChI=1S/C3H6O2S.C3H6OS2/c1-2(6)3(4)5;1-2-4-3(5)6/h2,6H,1H3,(H,4,5);2H2,1H3,(H,5,6). The van der Waals surface area contributed by atoms with Gasteiger partial charge >= 0.3 is 5.97 Å². The molecule has 6 heteroatoms. The maximum absolute atomic E-state index is 9.62. The van der Waals surface area contributed by atoms with Crippen LogP contribution in [0.2, 0.25) is 0 Å². The largest absolute Gasteiger partial charge is 0.480 e. The van der Waals surface area contributed by atoms with Crippen molar-refractivity contribution in [1.82, 2.24) is 0 Å². The molecule has 0 aromatic carbocycles. The van der Waals surface area contributed by atoms with Crippen LogP contribution in [0.1, 0.15) is 13.8 Å². The van der Waals surface area contributed by atoms with Gasteiger partial charge in [0.15, 0.2) is 0 Å². The van der Waals surface area contributed by atoms with Crippen molar-refractivity contribution in [2.24, 2.45) is 0 Å². The number of ether oxygens (including phenoxy) is 1. The predicted molar refractivity (Wildman–Crippen MR) is 59.3 cm³/mol. The van der Waals surface area contributed by atoms with Crippen molar-refractivity contribution in [3.8, 4) is 0 Å². The van der Waals surface area contributed by atoms with Crippen LogP contribution in [0.5, 0.6) is 0 Å².